The van der Waals surface area contributed by atoms with E-state index in [2.05, 4.69) is 0 Å². The summed E-state index contributed by atoms with van der Waals surface area (Å²) in [4.78, 5) is 13.6. The quantitative estimate of drug-likeness (QED) is 0.579. The van der Waals surface area contributed by atoms with E-state index in [4.69, 9.17) is 4.74 Å². The van der Waals surface area contributed by atoms with Gasteiger partial charge in [0.25, 0.3) is 10.0 Å². The normalized spacial score (nSPS) is 18.7. The molecule has 0 aromatic heterocycles. The first-order valence-corrected chi connectivity index (χ1v) is 11.4. The number of ether oxygens (including phenoxy) is 1. The van der Waals surface area contributed by atoms with Crippen molar-refractivity contribution in [1.29, 1.82) is 0 Å². The van der Waals surface area contributed by atoms with Gasteiger partial charge in [-0.2, -0.15) is 0 Å². The Hall–Kier alpha value is -3.38. The molecule has 0 radical (unpaired) electrons. The number of carbonyl (C=O) groups is 1. The number of methoxy groups -OCH3 is 1. The van der Waals surface area contributed by atoms with Gasteiger partial charge in [0.1, 0.15) is 5.75 Å². The number of allylic oxidation sites excluding steroid dienone is 1. The van der Waals surface area contributed by atoms with Crippen LogP contribution >= 0.6 is 0 Å². The van der Waals surface area contributed by atoms with Crippen molar-refractivity contribution in [2.24, 2.45) is 5.92 Å². The van der Waals surface area contributed by atoms with Crippen LogP contribution in [0.5, 0.6) is 5.75 Å². The number of sulfonamides is 1. The fourth-order valence-electron chi connectivity index (χ4n) is 3.86. The first-order chi connectivity index (χ1) is 15.0. The molecular formula is C25H23NO4S. The molecule has 2 atom stereocenters. The van der Waals surface area contributed by atoms with E-state index in [-0.39, 0.29) is 10.8 Å². The summed E-state index contributed by atoms with van der Waals surface area (Å²) in [5.74, 6) is -0.638. The maximum Gasteiger partial charge on any atom is 0.270 e. The van der Waals surface area contributed by atoms with Crippen molar-refractivity contribution in [1.82, 2.24) is 4.31 Å². The van der Waals surface area contributed by atoms with E-state index in [1.54, 1.807) is 12.1 Å². The van der Waals surface area contributed by atoms with Gasteiger partial charge in [-0.05, 0) is 41.8 Å². The molecule has 6 heteroatoms. The van der Waals surface area contributed by atoms with Gasteiger partial charge in [0.2, 0.25) is 5.91 Å². The van der Waals surface area contributed by atoms with Gasteiger partial charge in [-0.15, -0.1) is 0 Å². The summed E-state index contributed by atoms with van der Waals surface area (Å²) in [6.07, 6.45) is 3.64. The zero-order chi connectivity index (χ0) is 21.8. The predicted octanol–water partition coefficient (Wildman–Crippen LogP) is 4.38. The molecule has 0 spiro atoms. The molecule has 0 saturated heterocycles. The standard InChI is InChI=1S/C25H23NO4S/c1-30-21-12-14-22(15-13-21)31(28,29)26-17-16-23(20-10-6-3-7-11-20)24(25(26)27)18-19-8-4-2-5-9-19/h2-17,23-24H,18H2,1H3/t23-,24+/m1/s1. The Kier molecular flexibility index (Phi) is 5.91. The Morgan fingerprint density at radius 1 is 0.871 bits per heavy atom. The van der Waals surface area contributed by atoms with Crippen molar-refractivity contribution < 1.29 is 17.9 Å². The SMILES string of the molecule is COc1ccc(S(=O)(=O)N2C=C[C@H](c3ccccc3)[C@H](Cc3ccccc3)C2=O)cc1. The van der Waals surface area contributed by atoms with Crippen LogP contribution in [0, 0.1) is 5.92 Å². The molecule has 0 bridgehead atoms. The highest BCUT2D eigenvalue weighted by Crippen LogP contribution is 2.36. The summed E-state index contributed by atoms with van der Waals surface area (Å²) in [5.41, 5.74) is 1.97. The van der Waals surface area contributed by atoms with Crippen LogP contribution in [0.2, 0.25) is 0 Å². The smallest absolute Gasteiger partial charge is 0.270 e. The summed E-state index contributed by atoms with van der Waals surface area (Å²) in [6, 6.07) is 25.4. The highest BCUT2D eigenvalue weighted by atomic mass is 32.2. The number of amides is 1. The summed E-state index contributed by atoms with van der Waals surface area (Å²) in [6.45, 7) is 0. The average molecular weight is 434 g/mol. The second kappa shape index (κ2) is 8.78. The summed E-state index contributed by atoms with van der Waals surface area (Å²) >= 11 is 0. The van der Waals surface area contributed by atoms with Crippen molar-refractivity contribution in [3.63, 3.8) is 0 Å². The van der Waals surface area contributed by atoms with Gasteiger partial charge in [-0.1, -0.05) is 66.7 Å². The molecule has 1 aliphatic heterocycles. The van der Waals surface area contributed by atoms with Gasteiger partial charge in [0.05, 0.1) is 17.9 Å². The fraction of sp³-hybridized carbons (Fsp3) is 0.160. The topological polar surface area (TPSA) is 63.7 Å². The third-order valence-electron chi connectivity index (χ3n) is 5.50. The Labute approximate surface area is 182 Å². The molecule has 1 aliphatic rings. The summed E-state index contributed by atoms with van der Waals surface area (Å²) in [7, 11) is -2.51. The summed E-state index contributed by atoms with van der Waals surface area (Å²) in [5, 5.41) is 0. The molecule has 3 aromatic rings. The van der Waals surface area contributed by atoms with E-state index in [1.807, 2.05) is 66.7 Å². The summed E-state index contributed by atoms with van der Waals surface area (Å²) < 4.78 is 32.5. The molecular weight excluding hydrogens is 410 g/mol. The number of nitrogens with zero attached hydrogens (tertiary/aromatic N) is 1. The average Bonchev–Trinajstić information content (AvgIpc) is 2.81. The van der Waals surface area contributed by atoms with Gasteiger partial charge in [0.15, 0.2) is 0 Å². The van der Waals surface area contributed by atoms with E-state index >= 15 is 0 Å². The molecule has 0 unspecified atom stereocenters. The molecule has 0 saturated carbocycles. The van der Waals surface area contributed by atoms with E-state index in [0.29, 0.717) is 12.2 Å². The van der Waals surface area contributed by atoms with Gasteiger partial charge in [0, 0.05) is 12.1 Å². The molecule has 1 amide bonds. The zero-order valence-corrected chi connectivity index (χ0v) is 17.9. The molecule has 4 rings (SSSR count). The van der Waals surface area contributed by atoms with Gasteiger partial charge >= 0.3 is 0 Å². The van der Waals surface area contributed by atoms with Crippen LogP contribution in [-0.4, -0.2) is 25.7 Å². The van der Waals surface area contributed by atoms with Crippen molar-refractivity contribution in [2.75, 3.05) is 7.11 Å². The second-order valence-corrected chi connectivity index (χ2v) is 9.20. The third kappa shape index (κ3) is 4.25. The van der Waals surface area contributed by atoms with Crippen molar-refractivity contribution >= 4 is 15.9 Å². The Morgan fingerprint density at radius 2 is 1.48 bits per heavy atom. The Balaban J connectivity index is 1.72. The van der Waals surface area contributed by atoms with E-state index < -0.39 is 21.8 Å². The van der Waals surface area contributed by atoms with Crippen LogP contribution in [-0.2, 0) is 21.2 Å². The van der Waals surface area contributed by atoms with E-state index in [1.165, 1.54) is 25.4 Å². The van der Waals surface area contributed by atoms with Crippen LogP contribution in [0.25, 0.3) is 0 Å². The number of rotatable bonds is 6. The predicted molar refractivity (Wildman–Crippen MR) is 119 cm³/mol. The van der Waals surface area contributed by atoms with Crippen LogP contribution in [0.1, 0.15) is 17.0 Å². The second-order valence-electron chi connectivity index (χ2n) is 7.39. The third-order valence-corrected chi connectivity index (χ3v) is 7.18. The highest BCUT2D eigenvalue weighted by Gasteiger charge is 2.39. The zero-order valence-electron chi connectivity index (χ0n) is 17.1. The minimum Gasteiger partial charge on any atom is -0.497 e. The molecule has 5 nitrogen and oxygen atoms in total. The first-order valence-electron chi connectivity index (χ1n) is 10.0. The molecule has 1 heterocycles. The van der Waals surface area contributed by atoms with Crippen molar-refractivity contribution in [2.45, 2.75) is 17.2 Å². The molecule has 158 valence electrons. The van der Waals surface area contributed by atoms with Gasteiger partial charge in [-0.3, -0.25) is 4.79 Å². The van der Waals surface area contributed by atoms with E-state index in [0.717, 1.165) is 15.4 Å². The molecule has 0 fully saturated rings. The largest absolute Gasteiger partial charge is 0.497 e. The molecule has 31 heavy (non-hydrogen) atoms. The lowest BCUT2D eigenvalue weighted by Gasteiger charge is -2.33. The number of carbonyl (C=O) groups excluding carboxylic acids is 1. The van der Waals surface area contributed by atoms with Crippen LogP contribution < -0.4 is 4.74 Å². The van der Waals surface area contributed by atoms with Crippen molar-refractivity contribution in [3.05, 3.63) is 108 Å². The number of hydrogen-bond acceptors (Lipinski definition) is 4. The van der Waals surface area contributed by atoms with E-state index in [9.17, 15) is 13.2 Å². The maximum atomic E-state index is 13.5. The fourth-order valence-corrected chi connectivity index (χ4v) is 5.17. The highest BCUT2D eigenvalue weighted by molar-refractivity contribution is 7.89. The molecule has 0 aliphatic carbocycles. The number of hydrogen-bond donors (Lipinski definition) is 0. The van der Waals surface area contributed by atoms with Crippen LogP contribution in [0.15, 0.2) is 102 Å². The monoisotopic (exact) mass is 433 g/mol. The Bertz CT molecular complexity index is 1170. The maximum absolute atomic E-state index is 13.5. The lowest BCUT2D eigenvalue weighted by molar-refractivity contribution is -0.129. The van der Waals surface area contributed by atoms with Crippen LogP contribution in [0.4, 0.5) is 0 Å². The molecule has 0 N–H and O–H groups in total. The first kappa shape index (κ1) is 20.9. The minimum absolute atomic E-state index is 0.0444. The number of benzene rings is 3. The Morgan fingerprint density at radius 3 is 2.10 bits per heavy atom. The minimum atomic E-state index is -4.03. The lowest BCUT2D eigenvalue weighted by Crippen LogP contribution is -2.42. The van der Waals surface area contributed by atoms with Crippen molar-refractivity contribution in [3.8, 4) is 5.75 Å². The van der Waals surface area contributed by atoms with Gasteiger partial charge in [-0.25, -0.2) is 12.7 Å². The van der Waals surface area contributed by atoms with Crippen LogP contribution in [0.3, 0.4) is 0 Å². The lowest BCUT2D eigenvalue weighted by atomic mass is 9.80. The van der Waals surface area contributed by atoms with Gasteiger partial charge < -0.3 is 4.74 Å². The molecule has 3 aromatic carbocycles.